The summed E-state index contributed by atoms with van der Waals surface area (Å²) in [6, 6.07) is 11.4. The molecule has 0 fully saturated rings. The second-order valence-electron chi connectivity index (χ2n) is 5.27. The highest BCUT2D eigenvalue weighted by Gasteiger charge is 2.15. The van der Waals surface area contributed by atoms with Crippen LogP contribution in [0.25, 0.3) is 11.3 Å². The quantitative estimate of drug-likeness (QED) is 0.782. The van der Waals surface area contributed by atoms with Gasteiger partial charge in [0.25, 0.3) is 0 Å². The van der Waals surface area contributed by atoms with Crippen LogP contribution in [0.3, 0.4) is 0 Å². The number of aryl methyl sites for hydroxylation is 1. The van der Waals surface area contributed by atoms with E-state index in [1.165, 1.54) is 0 Å². The molecule has 1 heterocycles. The average molecular weight is 299 g/mol. The highest BCUT2D eigenvalue weighted by atomic mass is 16.5. The summed E-state index contributed by atoms with van der Waals surface area (Å²) in [5.74, 6) is 0.429. The Morgan fingerprint density at radius 1 is 1.14 bits per heavy atom. The summed E-state index contributed by atoms with van der Waals surface area (Å²) in [4.78, 5) is 16.5. The lowest BCUT2D eigenvalue weighted by Gasteiger charge is -2.11. The first-order valence-corrected chi connectivity index (χ1v) is 7.43. The van der Waals surface area contributed by atoms with Gasteiger partial charge in [-0.1, -0.05) is 6.07 Å². The number of carbonyl (C=O) groups is 1. The maximum absolute atomic E-state index is 12.1. The minimum Gasteiger partial charge on any atom is -0.494 e. The van der Waals surface area contributed by atoms with E-state index in [9.17, 15) is 4.79 Å². The predicted octanol–water partition coefficient (Wildman–Crippen LogP) is 4.02. The van der Waals surface area contributed by atoms with Gasteiger partial charge in [-0.3, -0.25) is 0 Å². The molecule has 0 aliphatic heterocycles. The number of hydrogen-bond donors (Lipinski definition) is 0. The molecule has 4 nitrogen and oxygen atoms in total. The van der Waals surface area contributed by atoms with Gasteiger partial charge in [-0.15, -0.1) is 0 Å². The molecule has 2 rings (SSSR count). The van der Waals surface area contributed by atoms with Crippen molar-refractivity contribution in [1.29, 1.82) is 0 Å². The molecule has 0 aliphatic rings. The molecular weight excluding hydrogens is 278 g/mol. The second-order valence-corrected chi connectivity index (χ2v) is 5.27. The van der Waals surface area contributed by atoms with Crippen molar-refractivity contribution in [1.82, 2.24) is 4.98 Å². The fourth-order valence-electron chi connectivity index (χ4n) is 2.05. The van der Waals surface area contributed by atoms with Crippen LogP contribution in [0.4, 0.5) is 0 Å². The average Bonchev–Trinajstić information content (AvgIpc) is 2.48. The molecule has 0 unspecified atom stereocenters. The van der Waals surface area contributed by atoms with Gasteiger partial charge in [0.1, 0.15) is 5.75 Å². The van der Waals surface area contributed by atoms with Gasteiger partial charge >= 0.3 is 5.97 Å². The molecule has 0 spiro atoms. The van der Waals surface area contributed by atoms with E-state index in [1.54, 1.807) is 0 Å². The van der Waals surface area contributed by atoms with E-state index in [-0.39, 0.29) is 12.1 Å². The Bertz CT molecular complexity index is 648. The maximum Gasteiger partial charge on any atom is 0.357 e. The minimum atomic E-state index is -0.389. The van der Waals surface area contributed by atoms with Crippen molar-refractivity contribution in [2.24, 2.45) is 0 Å². The van der Waals surface area contributed by atoms with Gasteiger partial charge in [-0.05, 0) is 63.6 Å². The SMILES string of the molecule is CCOc1ccc(-c2ccc(C)c(C(=O)OC(C)C)n2)cc1. The van der Waals surface area contributed by atoms with Gasteiger partial charge in [0, 0.05) is 5.56 Å². The van der Waals surface area contributed by atoms with Crippen molar-refractivity contribution in [2.75, 3.05) is 6.61 Å². The largest absolute Gasteiger partial charge is 0.494 e. The van der Waals surface area contributed by atoms with Crippen LogP contribution in [0, 0.1) is 6.92 Å². The first-order chi connectivity index (χ1) is 10.5. The summed E-state index contributed by atoms with van der Waals surface area (Å²) in [7, 11) is 0. The van der Waals surface area contributed by atoms with Crippen LogP contribution in [-0.2, 0) is 4.74 Å². The van der Waals surface area contributed by atoms with E-state index in [1.807, 2.05) is 64.1 Å². The topological polar surface area (TPSA) is 48.4 Å². The van der Waals surface area contributed by atoms with E-state index < -0.39 is 0 Å². The zero-order valence-corrected chi connectivity index (χ0v) is 13.4. The van der Waals surface area contributed by atoms with Gasteiger partial charge in [-0.25, -0.2) is 9.78 Å². The maximum atomic E-state index is 12.1. The second kappa shape index (κ2) is 7.07. The monoisotopic (exact) mass is 299 g/mol. The number of aromatic nitrogens is 1. The van der Waals surface area contributed by atoms with Crippen molar-refractivity contribution in [2.45, 2.75) is 33.8 Å². The molecule has 4 heteroatoms. The number of ether oxygens (including phenoxy) is 2. The lowest BCUT2D eigenvalue weighted by atomic mass is 10.1. The van der Waals surface area contributed by atoms with Crippen molar-refractivity contribution in [3.63, 3.8) is 0 Å². The molecular formula is C18H21NO3. The lowest BCUT2D eigenvalue weighted by Crippen LogP contribution is -2.14. The summed E-state index contributed by atoms with van der Waals surface area (Å²) < 4.78 is 10.7. The Kier molecular flexibility index (Phi) is 5.15. The molecule has 0 saturated heterocycles. The summed E-state index contributed by atoms with van der Waals surface area (Å²) in [5.41, 5.74) is 2.84. The van der Waals surface area contributed by atoms with E-state index in [0.29, 0.717) is 12.3 Å². The molecule has 116 valence electrons. The first kappa shape index (κ1) is 16.0. The number of esters is 1. The van der Waals surface area contributed by atoms with Crippen LogP contribution in [0.2, 0.25) is 0 Å². The van der Waals surface area contributed by atoms with Crippen LogP contribution in [-0.4, -0.2) is 23.7 Å². The summed E-state index contributed by atoms with van der Waals surface area (Å²) in [6.45, 7) is 8.08. The van der Waals surface area contributed by atoms with Crippen LogP contribution in [0.1, 0.15) is 36.8 Å². The third-order valence-electron chi connectivity index (χ3n) is 3.09. The summed E-state index contributed by atoms with van der Waals surface area (Å²) in [5, 5.41) is 0. The Balaban J connectivity index is 2.30. The van der Waals surface area contributed by atoms with E-state index in [4.69, 9.17) is 9.47 Å². The van der Waals surface area contributed by atoms with Crippen molar-refractivity contribution < 1.29 is 14.3 Å². The lowest BCUT2D eigenvalue weighted by molar-refractivity contribution is 0.0370. The van der Waals surface area contributed by atoms with Crippen LogP contribution in [0.15, 0.2) is 36.4 Å². The van der Waals surface area contributed by atoms with Gasteiger partial charge in [0.15, 0.2) is 5.69 Å². The molecule has 0 radical (unpaired) electrons. The molecule has 0 aliphatic carbocycles. The molecule has 0 N–H and O–H groups in total. The molecule has 0 bridgehead atoms. The van der Waals surface area contributed by atoms with Gasteiger partial charge in [-0.2, -0.15) is 0 Å². The van der Waals surface area contributed by atoms with Crippen LogP contribution < -0.4 is 4.74 Å². The van der Waals surface area contributed by atoms with E-state index in [0.717, 1.165) is 22.6 Å². The Labute approximate surface area is 131 Å². The Morgan fingerprint density at radius 3 is 2.41 bits per heavy atom. The molecule has 1 aromatic heterocycles. The van der Waals surface area contributed by atoms with E-state index in [2.05, 4.69) is 4.98 Å². The fourth-order valence-corrected chi connectivity index (χ4v) is 2.05. The molecule has 0 atom stereocenters. The van der Waals surface area contributed by atoms with Crippen molar-refractivity contribution in [3.8, 4) is 17.0 Å². The first-order valence-electron chi connectivity index (χ1n) is 7.43. The minimum absolute atomic E-state index is 0.164. The van der Waals surface area contributed by atoms with Gasteiger partial charge in [0.2, 0.25) is 0 Å². The third kappa shape index (κ3) is 3.85. The number of nitrogens with zero attached hydrogens (tertiary/aromatic N) is 1. The standard InChI is InChI=1S/C18H21NO3/c1-5-21-15-9-7-14(8-10-15)16-11-6-13(4)17(19-16)18(20)22-12(2)3/h6-12H,5H2,1-4H3. The number of carbonyl (C=O) groups excluding carboxylic acids is 1. The zero-order chi connectivity index (χ0) is 16.1. The van der Waals surface area contributed by atoms with Crippen molar-refractivity contribution >= 4 is 5.97 Å². The summed E-state index contributed by atoms with van der Waals surface area (Å²) in [6.07, 6.45) is -0.164. The number of rotatable bonds is 5. The molecule has 22 heavy (non-hydrogen) atoms. The predicted molar refractivity (Wildman–Crippen MR) is 86.1 cm³/mol. The van der Waals surface area contributed by atoms with Crippen molar-refractivity contribution in [3.05, 3.63) is 47.7 Å². The Morgan fingerprint density at radius 2 is 1.82 bits per heavy atom. The van der Waals surface area contributed by atoms with Crippen LogP contribution >= 0.6 is 0 Å². The number of benzene rings is 1. The molecule has 2 aromatic rings. The zero-order valence-electron chi connectivity index (χ0n) is 13.4. The van der Waals surface area contributed by atoms with E-state index >= 15 is 0 Å². The highest BCUT2D eigenvalue weighted by molar-refractivity contribution is 5.89. The number of hydrogen-bond acceptors (Lipinski definition) is 4. The summed E-state index contributed by atoms with van der Waals surface area (Å²) >= 11 is 0. The normalized spacial score (nSPS) is 10.6. The molecule has 0 saturated carbocycles. The molecule has 0 amide bonds. The highest BCUT2D eigenvalue weighted by Crippen LogP contribution is 2.22. The van der Waals surface area contributed by atoms with Gasteiger partial charge < -0.3 is 9.47 Å². The number of pyridine rings is 1. The molecule has 1 aromatic carbocycles. The Hall–Kier alpha value is -2.36. The smallest absolute Gasteiger partial charge is 0.357 e. The third-order valence-corrected chi connectivity index (χ3v) is 3.09. The van der Waals surface area contributed by atoms with Crippen LogP contribution in [0.5, 0.6) is 5.75 Å². The van der Waals surface area contributed by atoms with Gasteiger partial charge in [0.05, 0.1) is 18.4 Å². The fraction of sp³-hybridized carbons (Fsp3) is 0.333.